The number of nitrogens with one attached hydrogen (secondary N) is 2. The van der Waals surface area contributed by atoms with Gasteiger partial charge in [0.1, 0.15) is 5.52 Å². The molecule has 0 aliphatic carbocycles. The summed E-state index contributed by atoms with van der Waals surface area (Å²) in [5, 5.41) is 26.8. The molecule has 2 aromatic rings. The predicted octanol–water partition coefficient (Wildman–Crippen LogP) is 1.53. The lowest BCUT2D eigenvalue weighted by Gasteiger charge is -2.12. The van der Waals surface area contributed by atoms with Crippen LogP contribution in [0.5, 0.6) is 0 Å². The first-order valence-electron chi connectivity index (χ1n) is 6.73. The highest BCUT2D eigenvalue weighted by molar-refractivity contribution is 5.96. The first-order valence-corrected chi connectivity index (χ1v) is 6.73. The number of anilines is 1. The zero-order valence-electron chi connectivity index (χ0n) is 11.7. The fraction of sp³-hybridized carbons (Fsp3) is 0.357. The lowest BCUT2D eigenvalue weighted by Crippen LogP contribution is -2.33. The van der Waals surface area contributed by atoms with E-state index in [1.54, 1.807) is 24.4 Å². The molecule has 0 saturated carbocycles. The zero-order valence-corrected chi connectivity index (χ0v) is 11.7. The van der Waals surface area contributed by atoms with Crippen molar-refractivity contribution in [2.24, 2.45) is 0 Å². The van der Waals surface area contributed by atoms with Gasteiger partial charge in [0, 0.05) is 31.4 Å². The van der Waals surface area contributed by atoms with Gasteiger partial charge < -0.3 is 15.7 Å². The second-order valence-electron chi connectivity index (χ2n) is 4.75. The second kappa shape index (κ2) is 6.96. The van der Waals surface area contributed by atoms with Crippen LogP contribution in [0, 0.1) is 10.1 Å². The molecular weight excluding hydrogens is 272 g/mol. The first kappa shape index (κ1) is 15.1. The normalized spacial score (nSPS) is 12.3. The van der Waals surface area contributed by atoms with Crippen LogP contribution in [0.1, 0.15) is 6.92 Å². The molecule has 1 aromatic heterocycles. The molecule has 3 N–H and O–H groups in total. The van der Waals surface area contributed by atoms with Crippen molar-refractivity contribution in [3.8, 4) is 0 Å². The van der Waals surface area contributed by atoms with Gasteiger partial charge in [-0.15, -0.1) is 0 Å². The Morgan fingerprint density at radius 2 is 2.19 bits per heavy atom. The largest absolute Gasteiger partial charge is 0.395 e. The van der Waals surface area contributed by atoms with E-state index in [-0.39, 0.29) is 18.3 Å². The van der Waals surface area contributed by atoms with Crippen LogP contribution in [0.3, 0.4) is 0 Å². The van der Waals surface area contributed by atoms with Crippen molar-refractivity contribution in [3.63, 3.8) is 0 Å². The van der Waals surface area contributed by atoms with Crippen molar-refractivity contribution in [2.45, 2.75) is 13.0 Å². The van der Waals surface area contributed by atoms with E-state index in [2.05, 4.69) is 15.6 Å². The maximum Gasteiger partial charge on any atom is 0.278 e. The number of aliphatic hydroxyl groups excluding tert-OH is 1. The summed E-state index contributed by atoms with van der Waals surface area (Å²) in [5.74, 6) is 0. The van der Waals surface area contributed by atoms with Gasteiger partial charge in [0.15, 0.2) is 0 Å². The van der Waals surface area contributed by atoms with Crippen LogP contribution >= 0.6 is 0 Å². The molecule has 7 heteroatoms. The summed E-state index contributed by atoms with van der Waals surface area (Å²) < 4.78 is 0. The van der Waals surface area contributed by atoms with Crippen molar-refractivity contribution in [1.82, 2.24) is 10.3 Å². The van der Waals surface area contributed by atoms with E-state index in [0.29, 0.717) is 24.0 Å². The summed E-state index contributed by atoms with van der Waals surface area (Å²) in [7, 11) is 0. The predicted molar refractivity (Wildman–Crippen MR) is 81.4 cm³/mol. The summed E-state index contributed by atoms with van der Waals surface area (Å²) >= 11 is 0. The van der Waals surface area contributed by atoms with E-state index in [9.17, 15) is 10.1 Å². The molecule has 1 heterocycles. The van der Waals surface area contributed by atoms with Crippen LogP contribution in [0.2, 0.25) is 0 Å². The fourth-order valence-corrected chi connectivity index (χ4v) is 2.04. The number of pyridine rings is 1. The monoisotopic (exact) mass is 290 g/mol. The summed E-state index contributed by atoms with van der Waals surface area (Å²) in [4.78, 5) is 14.8. The SMILES string of the molecule is C[C@@H](CO)NCCNc1ccc([N+](=O)[O-])c2cccnc12. The topological polar surface area (TPSA) is 100 Å². The van der Waals surface area contributed by atoms with Crippen LogP contribution in [0.4, 0.5) is 11.4 Å². The average Bonchev–Trinajstić information content (AvgIpc) is 2.50. The number of hydrogen-bond acceptors (Lipinski definition) is 6. The highest BCUT2D eigenvalue weighted by atomic mass is 16.6. The molecule has 0 spiro atoms. The van der Waals surface area contributed by atoms with Gasteiger partial charge in [-0.3, -0.25) is 15.1 Å². The smallest absolute Gasteiger partial charge is 0.278 e. The third kappa shape index (κ3) is 3.65. The van der Waals surface area contributed by atoms with Crippen molar-refractivity contribution < 1.29 is 10.0 Å². The molecule has 0 amide bonds. The number of hydrogen-bond donors (Lipinski definition) is 3. The zero-order chi connectivity index (χ0) is 15.2. The Balaban J connectivity index is 2.14. The van der Waals surface area contributed by atoms with E-state index >= 15 is 0 Å². The fourth-order valence-electron chi connectivity index (χ4n) is 2.04. The second-order valence-corrected chi connectivity index (χ2v) is 4.75. The van der Waals surface area contributed by atoms with E-state index in [1.165, 1.54) is 6.07 Å². The molecule has 7 nitrogen and oxygen atoms in total. The van der Waals surface area contributed by atoms with Gasteiger partial charge in [0.2, 0.25) is 0 Å². The van der Waals surface area contributed by atoms with Gasteiger partial charge in [0.25, 0.3) is 5.69 Å². The Labute approximate surface area is 122 Å². The molecule has 112 valence electrons. The van der Waals surface area contributed by atoms with Crippen molar-refractivity contribution in [2.75, 3.05) is 25.0 Å². The van der Waals surface area contributed by atoms with Crippen LogP contribution in [-0.2, 0) is 0 Å². The number of nitrogens with zero attached hydrogens (tertiary/aromatic N) is 2. The molecule has 2 rings (SSSR count). The first-order chi connectivity index (χ1) is 10.1. The van der Waals surface area contributed by atoms with Gasteiger partial charge in [-0.25, -0.2) is 0 Å². The minimum atomic E-state index is -0.404. The Morgan fingerprint density at radius 1 is 1.38 bits per heavy atom. The molecular formula is C14H18N4O3. The summed E-state index contributed by atoms with van der Waals surface area (Å²) in [6.45, 7) is 3.28. The molecule has 0 saturated heterocycles. The van der Waals surface area contributed by atoms with Crippen LogP contribution in [0.15, 0.2) is 30.5 Å². The van der Waals surface area contributed by atoms with E-state index in [0.717, 1.165) is 5.69 Å². The van der Waals surface area contributed by atoms with Crippen molar-refractivity contribution in [3.05, 3.63) is 40.6 Å². The molecule has 0 aliphatic rings. The Kier molecular flexibility index (Phi) is 5.02. The molecule has 0 aliphatic heterocycles. The molecule has 0 fully saturated rings. The van der Waals surface area contributed by atoms with Crippen LogP contribution in [0.25, 0.3) is 10.9 Å². The minimum absolute atomic E-state index is 0.0403. The highest BCUT2D eigenvalue weighted by Crippen LogP contribution is 2.29. The van der Waals surface area contributed by atoms with E-state index in [1.807, 2.05) is 6.92 Å². The minimum Gasteiger partial charge on any atom is -0.395 e. The Bertz CT molecular complexity index is 633. The maximum atomic E-state index is 11.0. The molecule has 1 atom stereocenters. The average molecular weight is 290 g/mol. The van der Waals surface area contributed by atoms with E-state index < -0.39 is 4.92 Å². The third-order valence-electron chi connectivity index (χ3n) is 3.15. The summed E-state index contributed by atoms with van der Waals surface area (Å²) in [6.07, 6.45) is 1.61. The number of rotatable bonds is 7. The number of nitro benzene ring substituents is 1. The summed E-state index contributed by atoms with van der Waals surface area (Å²) in [5.41, 5.74) is 1.40. The number of non-ortho nitro benzene ring substituents is 1. The quantitative estimate of drug-likeness (QED) is 0.406. The van der Waals surface area contributed by atoms with Gasteiger partial charge in [-0.05, 0) is 25.1 Å². The van der Waals surface area contributed by atoms with Gasteiger partial charge in [0.05, 0.1) is 22.6 Å². The molecule has 0 bridgehead atoms. The number of nitro groups is 1. The van der Waals surface area contributed by atoms with Gasteiger partial charge in [-0.1, -0.05) is 0 Å². The molecule has 0 radical (unpaired) electrons. The number of benzene rings is 1. The number of aliphatic hydroxyl groups is 1. The lowest BCUT2D eigenvalue weighted by atomic mass is 10.1. The van der Waals surface area contributed by atoms with Crippen LogP contribution < -0.4 is 10.6 Å². The molecule has 0 unspecified atom stereocenters. The third-order valence-corrected chi connectivity index (χ3v) is 3.15. The standard InChI is InChI=1S/C14H18N4O3/c1-10(9-19)15-7-8-16-12-4-5-13(18(20)21)11-3-2-6-17-14(11)12/h2-6,10,15-16,19H,7-9H2,1H3/t10-/m0/s1. The van der Waals surface area contributed by atoms with Gasteiger partial charge in [-0.2, -0.15) is 0 Å². The highest BCUT2D eigenvalue weighted by Gasteiger charge is 2.14. The molecule has 1 aromatic carbocycles. The number of aromatic nitrogens is 1. The maximum absolute atomic E-state index is 11.0. The molecule has 21 heavy (non-hydrogen) atoms. The van der Waals surface area contributed by atoms with Crippen molar-refractivity contribution >= 4 is 22.3 Å². The Morgan fingerprint density at radius 3 is 2.90 bits per heavy atom. The van der Waals surface area contributed by atoms with Crippen LogP contribution in [-0.4, -0.2) is 40.8 Å². The van der Waals surface area contributed by atoms with E-state index in [4.69, 9.17) is 5.11 Å². The van der Waals surface area contributed by atoms with Crippen molar-refractivity contribution in [1.29, 1.82) is 0 Å². The summed E-state index contributed by atoms with van der Waals surface area (Å²) in [6, 6.07) is 6.57. The Hall–Kier alpha value is -2.25. The van der Waals surface area contributed by atoms with Gasteiger partial charge >= 0.3 is 0 Å². The number of fused-ring (bicyclic) bond motifs is 1. The lowest BCUT2D eigenvalue weighted by molar-refractivity contribution is -0.383.